The van der Waals surface area contributed by atoms with Gasteiger partial charge in [-0.3, -0.25) is 0 Å². The van der Waals surface area contributed by atoms with Gasteiger partial charge in [0.25, 0.3) is 0 Å². The summed E-state index contributed by atoms with van der Waals surface area (Å²) in [6.45, 7) is 6.36. The standard InChI is InChI=1S/C14H32N2O2S/c1-3-5-7-8-9-10-12-16-19(17,18)14-13-15-11-6-4-2/h15-16H,3-14H2,1-2H3. The van der Waals surface area contributed by atoms with Gasteiger partial charge in [0, 0.05) is 13.1 Å². The predicted molar refractivity (Wildman–Crippen MR) is 82.9 cm³/mol. The molecule has 0 saturated carbocycles. The van der Waals surface area contributed by atoms with Crippen LogP contribution in [0.5, 0.6) is 0 Å². The molecular weight excluding hydrogens is 260 g/mol. The Morgan fingerprint density at radius 3 is 2.05 bits per heavy atom. The fourth-order valence-electron chi connectivity index (χ4n) is 1.84. The van der Waals surface area contributed by atoms with Gasteiger partial charge in [-0.1, -0.05) is 52.4 Å². The summed E-state index contributed by atoms with van der Waals surface area (Å²) in [6.07, 6.45) is 9.33. The van der Waals surface area contributed by atoms with Crippen LogP contribution in [0.3, 0.4) is 0 Å². The predicted octanol–water partition coefficient (Wildman–Crippen LogP) is 2.66. The van der Waals surface area contributed by atoms with Crippen molar-refractivity contribution < 1.29 is 8.42 Å². The summed E-state index contributed by atoms with van der Waals surface area (Å²) < 4.78 is 26.0. The van der Waals surface area contributed by atoms with Crippen LogP contribution in [-0.4, -0.2) is 33.8 Å². The van der Waals surface area contributed by atoms with E-state index in [1.807, 2.05) is 0 Å². The van der Waals surface area contributed by atoms with Gasteiger partial charge in [-0.05, 0) is 19.4 Å². The number of nitrogens with one attached hydrogen (secondary N) is 2. The van der Waals surface area contributed by atoms with Gasteiger partial charge in [0.2, 0.25) is 10.0 Å². The van der Waals surface area contributed by atoms with Gasteiger partial charge in [-0.15, -0.1) is 0 Å². The van der Waals surface area contributed by atoms with Crippen LogP contribution in [0, 0.1) is 0 Å². The van der Waals surface area contributed by atoms with Crippen molar-refractivity contribution in [3.05, 3.63) is 0 Å². The first kappa shape index (κ1) is 18.9. The third kappa shape index (κ3) is 14.1. The molecule has 0 unspecified atom stereocenters. The largest absolute Gasteiger partial charge is 0.316 e. The van der Waals surface area contributed by atoms with Gasteiger partial charge in [0.05, 0.1) is 5.75 Å². The van der Waals surface area contributed by atoms with E-state index in [-0.39, 0.29) is 5.75 Å². The summed E-state index contributed by atoms with van der Waals surface area (Å²) in [6, 6.07) is 0. The minimum absolute atomic E-state index is 0.187. The second-order valence-electron chi connectivity index (χ2n) is 5.08. The normalized spacial score (nSPS) is 11.9. The Balaban J connectivity index is 3.41. The Morgan fingerprint density at radius 2 is 1.37 bits per heavy atom. The van der Waals surface area contributed by atoms with Crippen LogP contribution in [0.25, 0.3) is 0 Å². The highest BCUT2D eigenvalue weighted by Crippen LogP contribution is 2.04. The first-order chi connectivity index (χ1) is 9.12. The van der Waals surface area contributed by atoms with Crippen molar-refractivity contribution in [1.82, 2.24) is 10.0 Å². The second kappa shape index (κ2) is 12.9. The van der Waals surface area contributed by atoms with E-state index in [0.717, 1.165) is 32.2 Å². The average Bonchev–Trinajstić information content (AvgIpc) is 2.37. The molecule has 5 heteroatoms. The third-order valence-corrected chi connectivity index (χ3v) is 4.49. The van der Waals surface area contributed by atoms with Gasteiger partial charge in [-0.2, -0.15) is 0 Å². The maximum absolute atomic E-state index is 11.6. The Kier molecular flexibility index (Phi) is 12.8. The fourth-order valence-corrected chi connectivity index (χ4v) is 2.85. The minimum atomic E-state index is -3.08. The third-order valence-electron chi connectivity index (χ3n) is 3.11. The number of hydrogen-bond acceptors (Lipinski definition) is 3. The van der Waals surface area contributed by atoms with Gasteiger partial charge in [0.15, 0.2) is 0 Å². The number of sulfonamides is 1. The maximum Gasteiger partial charge on any atom is 0.212 e. The molecular formula is C14H32N2O2S. The molecule has 0 fully saturated rings. The summed E-state index contributed by atoms with van der Waals surface area (Å²) >= 11 is 0. The lowest BCUT2D eigenvalue weighted by atomic mass is 10.1. The molecule has 0 aromatic heterocycles. The van der Waals surface area contributed by atoms with E-state index in [1.165, 1.54) is 25.7 Å². The zero-order chi connectivity index (χ0) is 14.4. The first-order valence-electron chi connectivity index (χ1n) is 7.80. The van der Waals surface area contributed by atoms with Crippen molar-refractivity contribution in [2.24, 2.45) is 0 Å². The summed E-state index contributed by atoms with van der Waals surface area (Å²) in [5.74, 6) is 0.187. The van der Waals surface area contributed by atoms with E-state index >= 15 is 0 Å². The Bertz CT molecular complexity index is 279. The summed E-state index contributed by atoms with van der Waals surface area (Å²) in [4.78, 5) is 0. The molecule has 0 amide bonds. The van der Waals surface area contributed by atoms with E-state index in [2.05, 4.69) is 23.9 Å². The van der Waals surface area contributed by atoms with Crippen molar-refractivity contribution in [1.29, 1.82) is 0 Å². The highest BCUT2D eigenvalue weighted by atomic mass is 32.2. The number of hydrogen-bond donors (Lipinski definition) is 2. The molecule has 0 radical (unpaired) electrons. The molecule has 0 spiro atoms. The minimum Gasteiger partial charge on any atom is -0.316 e. The molecule has 0 aliphatic carbocycles. The van der Waals surface area contributed by atoms with Crippen LogP contribution in [0.4, 0.5) is 0 Å². The number of unbranched alkanes of at least 4 members (excludes halogenated alkanes) is 6. The second-order valence-corrected chi connectivity index (χ2v) is 7.01. The fraction of sp³-hybridized carbons (Fsp3) is 1.00. The summed E-state index contributed by atoms with van der Waals surface area (Å²) in [5.41, 5.74) is 0. The van der Waals surface area contributed by atoms with Crippen molar-refractivity contribution in [2.75, 3.05) is 25.4 Å². The quantitative estimate of drug-likeness (QED) is 0.484. The monoisotopic (exact) mass is 292 g/mol. The molecule has 0 rings (SSSR count). The molecule has 0 bridgehead atoms. The summed E-state index contributed by atoms with van der Waals surface area (Å²) in [7, 11) is -3.08. The topological polar surface area (TPSA) is 58.2 Å². The molecule has 0 aromatic rings. The molecule has 0 aliphatic heterocycles. The van der Waals surface area contributed by atoms with Crippen LogP contribution in [-0.2, 0) is 10.0 Å². The highest BCUT2D eigenvalue weighted by Gasteiger charge is 2.08. The summed E-state index contributed by atoms with van der Waals surface area (Å²) in [5, 5.41) is 3.15. The lowest BCUT2D eigenvalue weighted by Crippen LogP contribution is -2.32. The van der Waals surface area contributed by atoms with E-state index in [1.54, 1.807) is 0 Å². The lowest BCUT2D eigenvalue weighted by Gasteiger charge is -2.07. The lowest BCUT2D eigenvalue weighted by molar-refractivity contribution is 0.563. The molecule has 19 heavy (non-hydrogen) atoms. The zero-order valence-corrected chi connectivity index (χ0v) is 13.5. The van der Waals surface area contributed by atoms with Crippen LogP contribution in [0.2, 0.25) is 0 Å². The molecule has 116 valence electrons. The SMILES string of the molecule is CCCCCCCCNS(=O)(=O)CCNCCCC. The zero-order valence-electron chi connectivity index (χ0n) is 12.7. The molecule has 4 nitrogen and oxygen atoms in total. The van der Waals surface area contributed by atoms with E-state index < -0.39 is 10.0 Å². The Morgan fingerprint density at radius 1 is 0.737 bits per heavy atom. The average molecular weight is 292 g/mol. The van der Waals surface area contributed by atoms with E-state index in [4.69, 9.17) is 0 Å². The van der Waals surface area contributed by atoms with Gasteiger partial charge < -0.3 is 5.32 Å². The molecule has 0 saturated heterocycles. The van der Waals surface area contributed by atoms with Gasteiger partial charge in [-0.25, -0.2) is 13.1 Å². The Hall–Kier alpha value is -0.130. The van der Waals surface area contributed by atoms with Gasteiger partial charge in [0.1, 0.15) is 0 Å². The highest BCUT2D eigenvalue weighted by molar-refractivity contribution is 7.89. The molecule has 0 aliphatic rings. The van der Waals surface area contributed by atoms with Crippen molar-refractivity contribution >= 4 is 10.0 Å². The van der Waals surface area contributed by atoms with Crippen LogP contribution in [0.15, 0.2) is 0 Å². The molecule has 0 atom stereocenters. The van der Waals surface area contributed by atoms with Crippen LogP contribution < -0.4 is 10.0 Å². The van der Waals surface area contributed by atoms with Crippen molar-refractivity contribution in [3.8, 4) is 0 Å². The maximum atomic E-state index is 11.6. The smallest absolute Gasteiger partial charge is 0.212 e. The van der Waals surface area contributed by atoms with Gasteiger partial charge >= 0.3 is 0 Å². The molecule has 0 heterocycles. The van der Waals surface area contributed by atoms with Crippen molar-refractivity contribution in [3.63, 3.8) is 0 Å². The number of rotatable bonds is 14. The molecule has 2 N–H and O–H groups in total. The van der Waals surface area contributed by atoms with Crippen LogP contribution in [0.1, 0.15) is 65.2 Å². The first-order valence-corrected chi connectivity index (χ1v) is 9.45. The molecule has 0 aromatic carbocycles. The Labute approximate surface area is 119 Å². The van der Waals surface area contributed by atoms with E-state index in [0.29, 0.717) is 13.1 Å². The van der Waals surface area contributed by atoms with Crippen molar-refractivity contribution in [2.45, 2.75) is 65.2 Å². The van der Waals surface area contributed by atoms with E-state index in [9.17, 15) is 8.42 Å². The van der Waals surface area contributed by atoms with Crippen LogP contribution >= 0.6 is 0 Å².